The van der Waals surface area contributed by atoms with E-state index in [1.54, 1.807) is 30.3 Å². The molecule has 24 heavy (non-hydrogen) atoms. The van der Waals surface area contributed by atoms with Crippen LogP contribution in [0.4, 0.5) is 10.1 Å². The lowest BCUT2D eigenvalue weighted by Gasteiger charge is -2.22. The summed E-state index contributed by atoms with van der Waals surface area (Å²) in [7, 11) is 0. The van der Waals surface area contributed by atoms with Crippen molar-refractivity contribution >= 4 is 33.4 Å². The van der Waals surface area contributed by atoms with Gasteiger partial charge in [-0.3, -0.25) is 9.59 Å². The lowest BCUT2D eigenvalue weighted by molar-refractivity contribution is -0.118. The van der Waals surface area contributed by atoms with E-state index in [2.05, 4.69) is 26.6 Å². The first-order valence-electron chi connectivity index (χ1n) is 7.50. The topological polar surface area (TPSA) is 58.2 Å². The normalized spacial score (nSPS) is 11.9. The molecule has 0 aromatic heterocycles. The van der Waals surface area contributed by atoms with Crippen LogP contribution in [-0.2, 0) is 4.79 Å². The van der Waals surface area contributed by atoms with Gasteiger partial charge in [0.2, 0.25) is 5.91 Å². The summed E-state index contributed by atoms with van der Waals surface area (Å²) in [6, 6.07) is 12.0. The van der Waals surface area contributed by atoms with Gasteiger partial charge in [-0.25, -0.2) is 4.39 Å². The number of benzene rings is 2. The molecule has 0 aliphatic rings. The van der Waals surface area contributed by atoms with E-state index in [9.17, 15) is 14.0 Å². The van der Waals surface area contributed by atoms with Gasteiger partial charge in [0.1, 0.15) is 11.9 Å². The first-order chi connectivity index (χ1) is 11.4. The standard InChI is InChI=1S/C18H18BrFN2O2/c1-11(2)16(18(24)21-13-9-7-12(19)8-10-13)22-17(23)14-5-3-4-6-15(14)20/h3-11,16H,1-2H3,(H,21,24)(H,22,23). The number of hydrogen-bond donors (Lipinski definition) is 2. The van der Waals surface area contributed by atoms with Gasteiger partial charge in [-0.15, -0.1) is 0 Å². The van der Waals surface area contributed by atoms with Crippen LogP contribution in [0.5, 0.6) is 0 Å². The fourth-order valence-corrected chi connectivity index (χ4v) is 2.42. The minimum absolute atomic E-state index is 0.0837. The Bertz CT molecular complexity index is 732. The molecular weight excluding hydrogens is 375 g/mol. The highest BCUT2D eigenvalue weighted by Gasteiger charge is 2.25. The number of carbonyl (C=O) groups is 2. The van der Waals surface area contributed by atoms with Crippen molar-refractivity contribution in [3.8, 4) is 0 Å². The monoisotopic (exact) mass is 392 g/mol. The second-order valence-electron chi connectivity index (χ2n) is 5.67. The molecule has 0 saturated carbocycles. The highest BCUT2D eigenvalue weighted by atomic mass is 79.9. The summed E-state index contributed by atoms with van der Waals surface area (Å²) in [6.07, 6.45) is 0. The van der Waals surface area contributed by atoms with Crippen molar-refractivity contribution in [2.75, 3.05) is 5.32 Å². The van der Waals surface area contributed by atoms with E-state index >= 15 is 0 Å². The maximum absolute atomic E-state index is 13.7. The van der Waals surface area contributed by atoms with Gasteiger partial charge in [-0.1, -0.05) is 41.9 Å². The summed E-state index contributed by atoms with van der Waals surface area (Å²) in [5.74, 6) is -1.74. The second kappa shape index (κ2) is 8.06. The Hall–Kier alpha value is -2.21. The molecule has 0 radical (unpaired) electrons. The molecule has 2 N–H and O–H groups in total. The molecule has 0 saturated heterocycles. The molecule has 2 aromatic rings. The van der Waals surface area contributed by atoms with Crippen LogP contribution in [0.1, 0.15) is 24.2 Å². The van der Waals surface area contributed by atoms with Gasteiger partial charge >= 0.3 is 0 Å². The molecule has 0 bridgehead atoms. The smallest absolute Gasteiger partial charge is 0.254 e. The Labute approximate surface area is 148 Å². The van der Waals surface area contributed by atoms with Crippen molar-refractivity contribution in [3.63, 3.8) is 0 Å². The van der Waals surface area contributed by atoms with Crippen molar-refractivity contribution in [3.05, 3.63) is 64.4 Å². The molecule has 0 spiro atoms. The van der Waals surface area contributed by atoms with Crippen LogP contribution in [0.3, 0.4) is 0 Å². The SMILES string of the molecule is CC(C)C(NC(=O)c1ccccc1F)C(=O)Nc1ccc(Br)cc1. The molecule has 1 atom stereocenters. The molecule has 2 rings (SSSR count). The zero-order valence-corrected chi connectivity index (χ0v) is 14.9. The fraction of sp³-hybridized carbons (Fsp3) is 0.222. The van der Waals surface area contributed by atoms with E-state index in [1.165, 1.54) is 18.2 Å². The summed E-state index contributed by atoms with van der Waals surface area (Å²) in [6.45, 7) is 3.63. The molecular formula is C18H18BrFN2O2. The number of hydrogen-bond acceptors (Lipinski definition) is 2. The minimum atomic E-state index is -0.777. The zero-order valence-electron chi connectivity index (χ0n) is 13.3. The summed E-state index contributed by atoms with van der Waals surface area (Å²) >= 11 is 3.32. The van der Waals surface area contributed by atoms with Crippen LogP contribution >= 0.6 is 15.9 Å². The number of carbonyl (C=O) groups excluding carboxylic acids is 2. The summed E-state index contributed by atoms with van der Waals surface area (Å²) in [4.78, 5) is 24.7. The van der Waals surface area contributed by atoms with E-state index in [1.807, 2.05) is 13.8 Å². The van der Waals surface area contributed by atoms with Gasteiger partial charge in [0.15, 0.2) is 0 Å². The highest BCUT2D eigenvalue weighted by Crippen LogP contribution is 2.15. The molecule has 6 heteroatoms. The molecule has 126 valence electrons. The average molecular weight is 393 g/mol. The second-order valence-corrected chi connectivity index (χ2v) is 6.59. The lowest BCUT2D eigenvalue weighted by Crippen LogP contribution is -2.47. The van der Waals surface area contributed by atoms with E-state index in [0.717, 1.165) is 4.47 Å². The Balaban J connectivity index is 2.11. The number of rotatable bonds is 5. The van der Waals surface area contributed by atoms with E-state index < -0.39 is 17.8 Å². The van der Waals surface area contributed by atoms with Crippen LogP contribution in [0.2, 0.25) is 0 Å². The molecule has 0 aliphatic carbocycles. The van der Waals surface area contributed by atoms with Gasteiger partial charge in [0, 0.05) is 10.2 Å². The third-order valence-electron chi connectivity index (χ3n) is 3.47. The zero-order chi connectivity index (χ0) is 17.7. The van der Waals surface area contributed by atoms with Crippen LogP contribution in [0, 0.1) is 11.7 Å². The molecule has 0 aliphatic heterocycles. The fourth-order valence-electron chi connectivity index (χ4n) is 2.15. The van der Waals surface area contributed by atoms with Gasteiger partial charge in [-0.2, -0.15) is 0 Å². The quantitative estimate of drug-likeness (QED) is 0.808. The van der Waals surface area contributed by atoms with Crippen LogP contribution in [0.25, 0.3) is 0 Å². The predicted octanol–water partition coefficient (Wildman–Crippen LogP) is 3.98. The lowest BCUT2D eigenvalue weighted by atomic mass is 10.0. The predicted molar refractivity (Wildman–Crippen MR) is 95.3 cm³/mol. The molecule has 0 heterocycles. The van der Waals surface area contributed by atoms with Crippen LogP contribution in [-0.4, -0.2) is 17.9 Å². The Morgan fingerprint density at radius 2 is 1.67 bits per heavy atom. The molecule has 2 aromatic carbocycles. The summed E-state index contributed by atoms with van der Waals surface area (Å²) < 4.78 is 14.6. The number of amides is 2. The van der Waals surface area contributed by atoms with Crippen LogP contribution < -0.4 is 10.6 Å². The molecule has 1 unspecified atom stereocenters. The third kappa shape index (κ3) is 4.64. The Morgan fingerprint density at radius 1 is 1.04 bits per heavy atom. The number of anilines is 1. The Kier molecular flexibility index (Phi) is 6.09. The van der Waals surface area contributed by atoms with Gasteiger partial charge < -0.3 is 10.6 Å². The van der Waals surface area contributed by atoms with Crippen molar-refractivity contribution in [1.82, 2.24) is 5.32 Å². The van der Waals surface area contributed by atoms with Gasteiger partial charge in [-0.05, 0) is 42.3 Å². The van der Waals surface area contributed by atoms with E-state index in [0.29, 0.717) is 5.69 Å². The highest BCUT2D eigenvalue weighted by molar-refractivity contribution is 9.10. The van der Waals surface area contributed by atoms with Crippen molar-refractivity contribution in [2.45, 2.75) is 19.9 Å². The largest absolute Gasteiger partial charge is 0.340 e. The van der Waals surface area contributed by atoms with Gasteiger partial charge in [0.05, 0.1) is 5.56 Å². The van der Waals surface area contributed by atoms with E-state index in [4.69, 9.17) is 0 Å². The summed E-state index contributed by atoms with van der Waals surface area (Å²) in [5, 5.41) is 5.36. The maximum atomic E-state index is 13.7. The Morgan fingerprint density at radius 3 is 2.25 bits per heavy atom. The van der Waals surface area contributed by atoms with Crippen molar-refractivity contribution < 1.29 is 14.0 Å². The summed E-state index contributed by atoms with van der Waals surface area (Å²) in [5.41, 5.74) is 0.536. The van der Waals surface area contributed by atoms with Crippen molar-refractivity contribution in [1.29, 1.82) is 0 Å². The maximum Gasteiger partial charge on any atom is 0.254 e. The third-order valence-corrected chi connectivity index (χ3v) is 3.99. The first kappa shape index (κ1) is 18.1. The van der Waals surface area contributed by atoms with Crippen LogP contribution in [0.15, 0.2) is 53.0 Å². The molecule has 4 nitrogen and oxygen atoms in total. The van der Waals surface area contributed by atoms with Gasteiger partial charge in [0.25, 0.3) is 5.91 Å². The average Bonchev–Trinajstić information content (AvgIpc) is 2.54. The first-order valence-corrected chi connectivity index (χ1v) is 8.29. The number of halogens is 2. The van der Waals surface area contributed by atoms with E-state index in [-0.39, 0.29) is 17.4 Å². The van der Waals surface area contributed by atoms with Crippen molar-refractivity contribution in [2.24, 2.45) is 5.92 Å². The molecule has 0 fully saturated rings. The number of nitrogens with one attached hydrogen (secondary N) is 2. The minimum Gasteiger partial charge on any atom is -0.340 e. The molecule has 2 amide bonds.